The average Bonchev–Trinajstić information content (AvgIpc) is 2.16. The van der Waals surface area contributed by atoms with Crippen LogP contribution in [0.1, 0.15) is 22.3 Å². The largest absolute Gasteiger partial charge is 0.492 e. The number of methoxy groups -OCH3 is 1. The van der Waals surface area contributed by atoms with Crippen molar-refractivity contribution in [2.75, 3.05) is 7.11 Å². The van der Waals surface area contributed by atoms with Gasteiger partial charge in [0, 0.05) is 6.20 Å². The highest BCUT2D eigenvalue weighted by Gasteiger charge is 2.26. The van der Waals surface area contributed by atoms with E-state index < -0.39 is 35.2 Å². The molecule has 0 amide bonds. The number of hydrogen-bond donors (Lipinski definition) is 1. The van der Waals surface area contributed by atoms with Gasteiger partial charge in [-0.1, -0.05) is 0 Å². The van der Waals surface area contributed by atoms with Gasteiger partial charge in [0.1, 0.15) is 0 Å². The highest BCUT2D eigenvalue weighted by atomic mass is 19.3. The smallest absolute Gasteiger partial charge is 0.337 e. The number of pyridine rings is 1. The van der Waals surface area contributed by atoms with Crippen LogP contribution in [-0.4, -0.2) is 23.2 Å². The number of aromatic carboxylic acids is 1. The summed E-state index contributed by atoms with van der Waals surface area (Å²) in [5.41, 5.74) is -1.78. The van der Waals surface area contributed by atoms with Crippen molar-refractivity contribution >= 4 is 5.97 Å². The van der Waals surface area contributed by atoms with Crippen LogP contribution in [0.15, 0.2) is 6.20 Å². The molecule has 0 aliphatic carbocycles. The Balaban J connectivity index is 3.49. The van der Waals surface area contributed by atoms with Gasteiger partial charge in [0.05, 0.1) is 18.2 Å². The number of carbonyl (C=O) groups is 1. The monoisotopic (exact) mass is 221 g/mol. The van der Waals surface area contributed by atoms with Gasteiger partial charge in [0.15, 0.2) is 5.75 Å². The molecule has 1 N–H and O–H groups in total. The Morgan fingerprint density at radius 2 is 2.20 bits per heavy atom. The van der Waals surface area contributed by atoms with Gasteiger partial charge in [-0.05, 0) is 0 Å². The standard InChI is InChI=1S/C8H6F3NO3/c1-15-5-4(6(9)10)3(8(13)14)2-12-7(5)11/h2,6H,1H3,(H,13,14). The Kier molecular flexibility index (Phi) is 3.13. The van der Waals surface area contributed by atoms with Crippen molar-refractivity contribution in [3.8, 4) is 5.75 Å². The number of halogens is 3. The van der Waals surface area contributed by atoms with Gasteiger partial charge < -0.3 is 9.84 Å². The Labute approximate surface area is 82.3 Å². The van der Waals surface area contributed by atoms with E-state index in [9.17, 15) is 18.0 Å². The maximum atomic E-state index is 12.9. The van der Waals surface area contributed by atoms with Crippen molar-refractivity contribution in [3.05, 3.63) is 23.3 Å². The van der Waals surface area contributed by atoms with Crippen molar-refractivity contribution < 1.29 is 27.8 Å². The molecule has 0 aromatic carbocycles. The summed E-state index contributed by atoms with van der Waals surface area (Å²) in [6.07, 6.45) is -2.62. The SMILES string of the molecule is COc1c(F)ncc(C(=O)O)c1C(F)F. The number of alkyl halides is 2. The summed E-state index contributed by atoms with van der Waals surface area (Å²) >= 11 is 0. The molecule has 7 heteroatoms. The van der Waals surface area contributed by atoms with Crippen LogP contribution < -0.4 is 4.74 Å². The summed E-state index contributed by atoms with van der Waals surface area (Å²) in [5, 5.41) is 8.57. The lowest BCUT2D eigenvalue weighted by Crippen LogP contribution is -2.08. The van der Waals surface area contributed by atoms with E-state index >= 15 is 0 Å². The molecular weight excluding hydrogens is 215 g/mol. The van der Waals surface area contributed by atoms with Gasteiger partial charge >= 0.3 is 5.97 Å². The van der Waals surface area contributed by atoms with E-state index in [2.05, 4.69) is 9.72 Å². The third-order valence-electron chi connectivity index (χ3n) is 1.68. The number of carboxylic acids is 1. The summed E-state index contributed by atoms with van der Waals surface area (Å²) in [4.78, 5) is 13.6. The van der Waals surface area contributed by atoms with E-state index in [1.165, 1.54) is 0 Å². The Morgan fingerprint density at radius 1 is 1.60 bits per heavy atom. The molecule has 1 heterocycles. The lowest BCUT2D eigenvalue weighted by molar-refractivity contribution is 0.0681. The quantitative estimate of drug-likeness (QED) is 0.791. The maximum absolute atomic E-state index is 12.9. The van der Waals surface area contributed by atoms with Crippen molar-refractivity contribution in [2.45, 2.75) is 6.43 Å². The molecule has 1 rings (SSSR count). The Morgan fingerprint density at radius 3 is 2.60 bits per heavy atom. The van der Waals surface area contributed by atoms with Gasteiger partial charge in [-0.3, -0.25) is 0 Å². The summed E-state index contributed by atoms with van der Waals surface area (Å²) in [5.74, 6) is -3.72. The van der Waals surface area contributed by atoms with Crippen LogP contribution in [0.5, 0.6) is 5.75 Å². The van der Waals surface area contributed by atoms with E-state index in [1.54, 1.807) is 0 Å². The normalized spacial score (nSPS) is 10.5. The first kappa shape index (κ1) is 11.3. The molecule has 0 aliphatic rings. The number of rotatable bonds is 3. The van der Waals surface area contributed by atoms with Crippen LogP contribution in [0, 0.1) is 5.95 Å². The minimum atomic E-state index is -3.15. The molecule has 0 aliphatic heterocycles. The number of ether oxygens (including phenoxy) is 1. The van der Waals surface area contributed by atoms with Gasteiger partial charge in [-0.15, -0.1) is 0 Å². The zero-order chi connectivity index (χ0) is 11.6. The first-order valence-corrected chi connectivity index (χ1v) is 3.72. The molecule has 0 bridgehead atoms. The predicted octanol–water partition coefficient (Wildman–Crippen LogP) is 1.87. The first-order chi connectivity index (χ1) is 6.99. The zero-order valence-corrected chi connectivity index (χ0v) is 7.50. The number of hydrogen-bond acceptors (Lipinski definition) is 3. The van der Waals surface area contributed by atoms with Gasteiger partial charge in [0.25, 0.3) is 12.4 Å². The van der Waals surface area contributed by atoms with Crippen molar-refractivity contribution in [1.82, 2.24) is 4.98 Å². The second-order valence-corrected chi connectivity index (χ2v) is 2.52. The lowest BCUT2D eigenvalue weighted by atomic mass is 10.1. The van der Waals surface area contributed by atoms with E-state index in [0.29, 0.717) is 6.20 Å². The second kappa shape index (κ2) is 4.16. The van der Waals surface area contributed by atoms with Crippen molar-refractivity contribution in [2.24, 2.45) is 0 Å². The van der Waals surface area contributed by atoms with Gasteiger partial charge in [-0.2, -0.15) is 4.39 Å². The lowest BCUT2D eigenvalue weighted by Gasteiger charge is -2.10. The molecule has 82 valence electrons. The summed E-state index contributed by atoms with van der Waals surface area (Å²) in [6.45, 7) is 0. The van der Waals surface area contributed by atoms with Crippen LogP contribution >= 0.6 is 0 Å². The summed E-state index contributed by atoms with van der Waals surface area (Å²) < 4.78 is 42.2. The second-order valence-electron chi connectivity index (χ2n) is 2.52. The number of aromatic nitrogens is 1. The molecule has 0 saturated carbocycles. The van der Waals surface area contributed by atoms with E-state index in [-0.39, 0.29) is 0 Å². The maximum Gasteiger partial charge on any atom is 0.337 e. The molecule has 1 aromatic rings. The molecule has 0 atom stereocenters. The third-order valence-corrected chi connectivity index (χ3v) is 1.68. The molecule has 0 saturated heterocycles. The third kappa shape index (κ3) is 2.00. The molecule has 0 spiro atoms. The Hall–Kier alpha value is -1.79. The fourth-order valence-corrected chi connectivity index (χ4v) is 1.06. The molecular formula is C8H6F3NO3. The van der Waals surface area contributed by atoms with Crippen LogP contribution in [0.4, 0.5) is 13.2 Å². The topological polar surface area (TPSA) is 59.4 Å². The van der Waals surface area contributed by atoms with Crippen LogP contribution in [-0.2, 0) is 0 Å². The summed E-state index contributed by atoms with van der Waals surface area (Å²) in [6, 6.07) is 0. The van der Waals surface area contributed by atoms with Crippen LogP contribution in [0.25, 0.3) is 0 Å². The highest BCUT2D eigenvalue weighted by molar-refractivity contribution is 5.89. The van der Waals surface area contributed by atoms with Gasteiger partial charge in [-0.25, -0.2) is 18.6 Å². The van der Waals surface area contributed by atoms with Crippen LogP contribution in [0.2, 0.25) is 0 Å². The molecule has 1 aromatic heterocycles. The van der Waals surface area contributed by atoms with Crippen LogP contribution in [0.3, 0.4) is 0 Å². The highest BCUT2D eigenvalue weighted by Crippen LogP contribution is 2.33. The minimum Gasteiger partial charge on any atom is -0.492 e. The zero-order valence-electron chi connectivity index (χ0n) is 7.50. The number of nitrogens with zero attached hydrogens (tertiary/aromatic N) is 1. The van der Waals surface area contributed by atoms with E-state index in [1.807, 2.05) is 0 Å². The van der Waals surface area contributed by atoms with Crippen molar-refractivity contribution in [1.29, 1.82) is 0 Å². The molecule has 0 radical (unpaired) electrons. The predicted molar refractivity (Wildman–Crippen MR) is 42.7 cm³/mol. The van der Waals surface area contributed by atoms with Crippen molar-refractivity contribution in [3.63, 3.8) is 0 Å². The fourth-order valence-electron chi connectivity index (χ4n) is 1.06. The van der Waals surface area contributed by atoms with E-state index in [4.69, 9.17) is 5.11 Å². The molecule has 0 fully saturated rings. The molecule has 15 heavy (non-hydrogen) atoms. The molecule has 0 unspecified atom stereocenters. The van der Waals surface area contributed by atoms with E-state index in [0.717, 1.165) is 7.11 Å². The summed E-state index contributed by atoms with van der Waals surface area (Å²) in [7, 11) is 0.956. The fraction of sp³-hybridized carbons (Fsp3) is 0.250. The number of carboxylic acid groups (broad SMARTS) is 1. The average molecular weight is 221 g/mol. The first-order valence-electron chi connectivity index (χ1n) is 3.72. The minimum absolute atomic E-state index is 0.529. The van der Waals surface area contributed by atoms with Gasteiger partial charge in [0.2, 0.25) is 0 Å². The Bertz CT molecular complexity index is 395. The molecule has 4 nitrogen and oxygen atoms in total.